The first-order chi connectivity index (χ1) is 15.1. The molecule has 0 radical (unpaired) electrons. The molecule has 3 aromatic heterocycles. The Kier molecular flexibility index (Phi) is 6.52. The Morgan fingerprint density at radius 3 is 2.53 bits per heavy atom. The van der Waals surface area contributed by atoms with Crippen LogP contribution in [0.25, 0.3) is 11.4 Å². The summed E-state index contributed by atoms with van der Waals surface area (Å²) in [7, 11) is 1.80. The molecular formula is C22H27N7O3. The minimum Gasteiger partial charge on any atom is -0.444 e. The van der Waals surface area contributed by atoms with Crippen LogP contribution in [-0.2, 0) is 11.8 Å². The van der Waals surface area contributed by atoms with Crippen molar-refractivity contribution >= 4 is 29.1 Å². The lowest BCUT2D eigenvalue weighted by molar-refractivity contribution is 0.0635. The molecule has 32 heavy (non-hydrogen) atoms. The van der Waals surface area contributed by atoms with Crippen molar-refractivity contribution in [3.63, 3.8) is 0 Å². The van der Waals surface area contributed by atoms with Crippen molar-refractivity contribution < 1.29 is 14.3 Å². The maximum atomic E-state index is 12.1. The molecule has 10 heteroatoms. The van der Waals surface area contributed by atoms with E-state index < -0.39 is 11.7 Å². The van der Waals surface area contributed by atoms with Gasteiger partial charge in [0.2, 0.25) is 0 Å². The summed E-state index contributed by atoms with van der Waals surface area (Å²) >= 11 is 0. The predicted molar refractivity (Wildman–Crippen MR) is 121 cm³/mol. The molecule has 0 saturated heterocycles. The number of Topliss-reactive ketones (excluding diaryl/α,β-unsaturated/α-hetero) is 1. The summed E-state index contributed by atoms with van der Waals surface area (Å²) in [6, 6.07) is 3.38. The molecule has 0 aliphatic carbocycles. The van der Waals surface area contributed by atoms with Gasteiger partial charge in [0.15, 0.2) is 5.78 Å². The Labute approximate surface area is 186 Å². The number of rotatable bonds is 6. The summed E-state index contributed by atoms with van der Waals surface area (Å²) in [5.41, 5.74) is 3.20. The van der Waals surface area contributed by atoms with Gasteiger partial charge in [-0.25, -0.2) is 14.8 Å². The van der Waals surface area contributed by atoms with Crippen LogP contribution in [0.15, 0.2) is 30.9 Å². The van der Waals surface area contributed by atoms with Crippen LogP contribution in [-0.4, -0.2) is 42.2 Å². The highest BCUT2D eigenvalue weighted by atomic mass is 16.6. The number of aromatic nitrogens is 5. The highest BCUT2D eigenvalue weighted by molar-refractivity contribution is 5.94. The van der Waals surface area contributed by atoms with Crippen molar-refractivity contribution in [1.29, 1.82) is 0 Å². The van der Waals surface area contributed by atoms with E-state index in [-0.39, 0.29) is 5.78 Å². The molecule has 0 saturated carbocycles. The van der Waals surface area contributed by atoms with Crippen molar-refractivity contribution in [3.05, 3.63) is 42.1 Å². The van der Waals surface area contributed by atoms with Crippen molar-refractivity contribution in [1.82, 2.24) is 24.7 Å². The number of ketones is 1. The maximum absolute atomic E-state index is 12.1. The van der Waals surface area contributed by atoms with Crippen LogP contribution in [0.2, 0.25) is 0 Å². The molecule has 0 aliphatic heterocycles. The fourth-order valence-corrected chi connectivity index (χ4v) is 2.90. The molecule has 3 rings (SSSR count). The standard InChI is InChI=1S/C22H27N7O3/c1-7-18(30)14-8-13(2)16(10-23-14)26-17-11-29(6)28-20(17)15-9-19(25-12-24-15)27-21(31)32-22(3,4)5/h8-12,26H,7H2,1-6H3,(H,24,25,27,31). The maximum Gasteiger partial charge on any atom is 0.413 e. The SMILES string of the molecule is CCC(=O)c1cc(C)c(Nc2cn(C)nc2-c2cc(NC(=O)OC(C)(C)C)ncn2)cn1. The number of pyridine rings is 1. The fourth-order valence-electron chi connectivity index (χ4n) is 2.90. The van der Waals surface area contributed by atoms with Crippen LogP contribution in [0, 0.1) is 6.92 Å². The second-order valence-electron chi connectivity index (χ2n) is 8.27. The molecule has 10 nitrogen and oxygen atoms in total. The van der Waals surface area contributed by atoms with Gasteiger partial charge in [-0.05, 0) is 39.3 Å². The van der Waals surface area contributed by atoms with E-state index in [4.69, 9.17) is 4.74 Å². The first-order valence-corrected chi connectivity index (χ1v) is 10.2. The van der Waals surface area contributed by atoms with Crippen LogP contribution >= 0.6 is 0 Å². The summed E-state index contributed by atoms with van der Waals surface area (Å²) in [6.45, 7) is 9.06. The Morgan fingerprint density at radius 1 is 1.12 bits per heavy atom. The van der Waals surface area contributed by atoms with Gasteiger partial charge in [-0.2, -0.15) is 5.10 Å². The molecule has 0 atom stereocenters. The van der Waals surface area contributed by atoms with E-state index in [2.05, 4.69) is 30.7 Å². The van der Waals surface area contributed by atoms with E-state index in [9.17, 15) is 9.59 Å². The van der Waals surface area contributed by atoms with E-state index in [1.54, 1.807) is 57.8 Å². The zero-order valence-corrected chi connectivity index (χ0v) is 19.1. The summed E-state index contributed by atoms with van der Waals surface area (Å²) in [5, 5.41) is 10.4. The smallest absolute Gasteiger partial charge is 0.413 e. The molecule has 168 valence electrons. The van der Waals surface area contributed by atoms with Crippen LogP contribution in [0.5, 0.6) is 0 Å². The largest absolute Gasteiger partial charge is 0.444 e. The van der Waals surface area contributed by atoms with Gasteiger partial charge >= 0.3 is 6.09 Å². The third-order valence-electron chi connectivity index (χ3n) is 4.35. The van der Waals surface area contributed by atoms with Crippen LogP contribution in [0.3, 0.4) is 0 Å². The number of carbonyl (C=O) groups is 2. The van der Waals surface area contributed by atoms with Crippen LogP contribution < -0.4 is 10.6 Å². The van der Waals surface area contributed by atoms with E-state index in [1.165, 1.54) is 6.33 Å². The zero-order chi connectivity index (χ0) is 23.5. The molecule has 0 aromatic carbocycles. The summed E-state index contributed by atoms with van der Waals surface area (Å²) in [5.74, 6) is 0.286. The van der Waals surface area contributed by atoms with Crippen molar-refractivity contribution in [2.24, 2.45) is 7.05 Å². The summed E-state index contributed by atoms with van der Waals surface area (Å²) in [4.78, 5) is 36.6. The highest BCUT2D eigenvalue weighted by Gasteiger charge is 2.18. The molecule has 0 aliphatic rings. The molecule has 0 bridgehead atoms. The van der Waals surface area contributed by atoms with E-state index in [0.717, 1.165) is 11.3 Å². The van der Waals surface area contributed by atoms with Gasteiger partial charge in [-0.3, -0.25) is 19.8 Å². The lowest BCUT2D eigenvalue weighted by atomic mass is 10.1. The number of hydrogen-bond donors (Lipinski definition) is 2. The predicted octanol–water partition coefficient (Wildman–Crippen LogP) is 4.26. The van der Waals surface area contributed by atoms with E-state index in [0.29, 0.717) is 35.0 Å². The number of amides is 1. The lowest BCUT2D eigenvalue weighted by Gasteiger charge is -2.19. The molecule has 2 N–H and O–H groups in total. The second kappa shape index (κ2) is 9.13. The van der Waals surface area contributed by atoms with E-state index >= 15 is 0 Å². The average Bonchev–Trinajstić information content (AvgIpc) is 3.07. The Hall–Kier alpha value is -3.82. The van der Waals surface area contributed by atoms with Gasteiger partial charge < -0.3 is 10.1 Å². The number of aryl methyl sites for hydroxylation is 2. The fraction of sp³-hybridized carbons (Fsp3) is 0.364. The molecule has 1 amide bonds. The third kappa shape index (κ3) is 5.65. The molecule has 0 unspecified atom stereocenters. The van der Waals surface area contributed by atoms with Crippen molar-refractivity contribution in [2.45, 2.75) is 46.6 Å². The molecule has 3 aromatic rings. The monoisotopic (exact) mass is 437 g/mol. The minimum absolute atomic E-state index is 0.00674. The number of carbonyl (C=O) groups excluding carboxylic acids is 2. The third-order valence-corrected chi connectivity index (χ3v) is 4.35. The van der Waals surface area contributed by atoms with Crippen molar-refractivity contribution in [3.8, 4) is 11.4 Å². The first kappa shape index (κ1) is 22.9. The van der Waals surface area contributed by atoms with Gasteiger partial charge in [0, 0.05) is 25.7 Å². The van der Waals surface area contributed by atoms with Gasteiger partial charge in [0.05, 0.1) is 23.3 Å². The van der Waals surface area contributed by atoms with Crippen LogP contribution in [0.1, 0.15) is 50.2 Å². The van der Waals surface area contributed by atoms with Crippen LogP contribution in [0.4, 0.5) is 22.0 Å². The number of ether oxygens (including phenoxy) is 1. The second-order valence-corrected chi connectivity index (χ2v) is 8.27. The van der Waals surface area contributed by atoms with Crippen molar-refractivity contribution in [2.75, 3.05) is 10.6 Å². The molecule has 0 spiro atoms. The number of anilines is 3. The Morgan fingerprint density at radius 2 is 1.88 bits per heavy atom. The van der Waals surface area contributed by atoms with Gasteiger partial charge in [0.25, 0.3) is 0 Å². The van der Waals surface area contributed by atoms with E-state index in [1.807, 2.05) is 13.1 Å². The lowest BCUT2D eigenvalue weighted by Crippen LogP contribution is -2.27. The number of hydrogen-bond acceptors (Lipinski definition) is 8. The van der Waals surface area contributed by atoms with Gasteiger partial charge in [0.1, 0.15) is 29.1 Å². The minimum atomic E-state index is -0.624. The zero-order valence-electron chi connectivity index (χ0n) is 19.1. The Balaban J connectivity index is 1.86. The molecular weight excluding hydrogens is 410 g/mol. The summed E-state index contributed by atoms with van der Waals surface area (Å²) in [6.07, 6.45) is 4.58. The van der Waals surface area contributed by atoms with Gasteiger partial charge in [-0.1, -0.05) is 6.92 Å². The molecule has 3 heterocycles. The Bertz CT molecular complexity index is 1150. The number of nitrogens with zero attached hydrogens (tertiary/aromatic N) is 5. The highest BCUT2D eigenvalue weighted by Crippen LogP contribution is 2.29. The van der Waals surface area contributed by atoms with Gasteiger partial charge in [-0.15, -0.1) is 0 Å². The number of nitrogens with one attached hydrogen (secondary N) is 2. The summed E-state index contributed by atoms with van der Waals surface area (Å²) < 4.78 is 6.92. The molecule has 0 fully saturated rings. The average molecular weight is 438 g/mol. The topological polar surface area (TPSA) is 124 Å². The first-order valence-electron chi connectivity index (χ1n) is 10.2. The quantitative estimate of drug-likeness (QED) is 0.548. The normalized spacial score (nSPS) is 11.2.